The molecule has 72 valence electrons. The summed E-state index contributed by atoms with van der Waals surface area (Å²) in [6, 6.07) is 6.24. The van der Waals surface area contributed by atoms with Gasteiger partial charge in [0, 0.05) is 11.4 Å². The Hall–Kier alpha value is -0.680. The van der Waals surface area contributed by atoms with Crippen LogP contribution in [0.3, 0.4) is 0 Å². The number of rotatable bonds is 2. The zero-order valence-corrected chi connectivity index (χ0v) is 7.45. The molecular formula is C8H8F3NS. The van der Waals surface area contributed by atoms with Crippen LogP contribution in [0.15, 0.2) is 29.2 Å². The van der Waals surface area contributed by atoms with Gasteiger partial charge < -0.3 is 5.73 Å². The first-order valence-electron chi connectivity index (χ1n) is 3.56. The molecule has 0 saturated carbocycles. The summed E-state index contributed by atoms with van der Waals surface area (Å²) in [7, 11) is 0. The Morgan fingerprint density at radius 3 is 2.38 bits per heavy atom. The Balaban J connectivity index is 2.87. The fraction of sp³-hybridized carbons (Fsp3) is 0.250. The Kier molecular flexibility index (Phi) is 3.22. The highest BCUT2D eigenvalue weighted by Crippen LogP contribution is 2.38. The lowest BCUT2D eigenvalue weighted by molar-refractivity contribution is -0.0328. The van der Waals surface area contributed by atoms with E-state index in [4.69, 9.17) is 5.73 Å². The zero-order valence-electron chi connectivity index (χ0n) is 6.64. The van der Waals surface area contributed by atoms with E-state index in [1.54, 1.807) is 18.2 Å². The summed E-state index contributed by atoms with van der Waals surface area (Å²) in [5, 5.41) is 0. The van der Waals surface area contributed by atoms with Crippen LogP contribution in [0.5, 0.6) is 0 Å². The Morgan fingerprint density at radius 1 is 1.23 bits per heavy atom. The van der Waals surface area contributed by atoms with Crippen LogP contribution in [0.2, 0.25) is 0 Å². The van der Waals surface area contributed by atoms with Crippen LogP contribution in [0, 0.1) is 0 Å². The molecule has 2 N–H and O–H groups in total. The van der Waals surface area contributed by atoms with Gasteiger partial charge in [-0.3, -0.25) is 0 Å². The van der Waals surface area contributed by atoms with E-state index in [9.17, 15) is 13.2 Å². The number of halogens is 3. The van der Waals surface area contributed by atoms with Crippen molar-refractivity contribution in [1.29, 1.82) is 0 Å². The lowest BCUT2D eigenvalue weighted by atomic mass is 10.2. The molecule has 5 heteroatoms. The zero-order chi connectivity index (χ0) is 9.90. The van der Waals surface area contributed by atoms with Crippen LogP contribution >= 0.6 is 11.8 Å². The molecular weight excluding hydrogens is 199 g/mol. The summed E-state index contributed by atoms with van der Waals surface area (Å²) in [4.78, 5) is 0.178. The number of nitrogens with two attached hydrogens (primary N) is 1. The summed E-state index contributed by atoms with van der Waals surface area (Å²) >= 11 is -0.128. The molecule has 0 amide bonds. The average Bonchev–Trinajstić information content (AvgIpc) is 2.02. The van der Waals surface area contributed by atoms with Crippen molar-refractivity contribution in [2.24, 2.45) is 5.73 Å². The molecule has 1 rings (SSSR count). The van der Waals surface area contributed by atoms with Gasteiger partial charge in [0.25, 0.3) is 0 Å². The first kappa shape index (κ1) is 10.4. The van der Waals surface area contributed by atoms with E-state index in [1.165, 1.54) is 6.07 Å². The van der Waals surface area contributed by atoms with Crippen LogP contribution in [0.4, 0.5) is 13.2 Å². The smallest absolute Gasteiger partial charge is 0.326 e. The highest BCUT2D eigenvalue weighted by molar-refractivity contribution is 8.00. The molecule has 0 aliphatic rings. The third-order valence-electron chi connectivity index (χ3n) is 1.42. The SMILES string of the molecule is NCc1ccccc1SC(F)(F)F. The van der Waals surface area contributed by atoms with Gasteiger partial charge in [-0.15, -0.1) is 0 Å². The molecule has 0 bridgehead atoms. The standard InChI is InChI=1S/C8H8F3NS/c9-8(10,11)13-7-4-2-1-3-6(7)5-12/h1-4H,5,12H2. The Bertz CT molecular complexity index is 285. The van der Waals surface area contributed by atoms with Gasteiger partial charge in [0.2, 0.25) is 0 Å². The molecule has 0 unspecified atom stereocenters. The molecule has 0 spiro atoms. The summed E-state index contributed by atoms with van der Waals surface area (Å²) < 4.78 is 35.9. The summed E-state index contributed by atoms with van der Waals surface area (Å²) in [6.07, 6.45) is 0. The Labute approximate surface area is 78.1 Å². The van der Waals surface area contributed by atoms with Crippen molar-refractivity contribution in [3.05, 3.63) is 29.8 Å². The van der Waals surface area contributed by atoms with Gasteiger partial charge in [0.15, 0.2) is 0 Å². The van der Waals surface area contributed by atoms with Crippen molar-refractivity contribution in [2.75, 3.05) is 0 Å². The van der Waals surface area contributed by atoms with Crippen LogP contribution in [-0.2, 0) is 6.54 Å². The lowest BCUT2D eigenvalue weighted by Crippen LogP contribution is -2.03. The van der Waals surface area contributed by atoms with Gasteiger partial charge in [-0.1, -0.05) is 18.2 Å². The molecule has 0 heterocycles. The van der Waals surface area contributed by atoms with Gasteiger partial charge in [-0.05, 0) is 23.4 Å². The minimum Gasteiger partial charge on any atom is -0.326 e. The highest BCUT2D eigenvalue weighted by Gasteiger charge is 2.29. The third-order valence-corrected chi connectivity index (χ3v) is 2.27. The molecule has 1 aromatic rings. The predicted octanol–water partition coefficient (Wildman–Crippen LogP) is 2.76. The van der Waals surface area contributed by atoms with Crippen molar-refractivity contribution in [2.45, 2.75) is 16.9 Å². The maximum absolute atomic E-state index is 12.0. The summed E-state index contributed by atoms with van der Waals surface area (Å²) in [5.41, 5.74) is 1.56. The first-order valence-corrected chi connectivity index (χ1v) is 4.38. The van der Waals surface area contributed by atoms with Crippen molar-refractivity contribution in [3.8, 4) is 0 Å². The van der Waals surface area contributed by atoms with Crippen molar-refractivity contribution in [3.63, 3.8) is 0 Å². The minimum absolute atomic E-state index is 0.124. The monoisotopic (exact) mass is 207 g/mol. The Morgan fingerprint density at radius 2 is 1.85 bits per heavy atom. The van der Waals surface area contributed by atoms with Gasteiger partial charge in [-0.25, -0.2) is 0 Å². The van der Waals surface area contributed by atoms with E-state index >= 15 is 0 Å². The fourth-order valence-electron chi connectivity index (χ4n) is 0.897. The van der Waals surface area contributed by atoms with Crippen LogP contribution in [0.25, 0.3) is 0 Å². The molecule has 1 nitrogen and oxygen atoms in total. The molecule has 13 heavy (non-hydrogen) atoms. The molecule has 1 aromatic carbocycles. The third kappa shape index (κ3) is 3.28. The lowest BCUT2D eigenvalue weighted by Gasteiger charge is -2.08. The number of hydrogen-bond donors (Lipinski definition) is 1. The van der Waals surface area contributed by atoms with Crippen molar-refractivity contribution >= 4 is 11.8 Å². The molecule has 0 radical (unpaired) electrons. The van der Waals surface area contributed by atoms with Gasteiger partial charge in [0.1, 0.15) is 0 Å². The average molecular weight is 207 g/mol. The van der Waals surface area contributed by atoms with Gasteiger partial charge in [-0.2, -0.15) is 13.2 Å². The van der Waals surface area contributed by atoms with Gasteiger partial charge in [0.05, 0.1) is 0 Å². The van der Waals surface area contributed by atoms with E-state index in [-0.39, 0.29) is 23.2 Å². The van der Waals surface area contributed by atoms with E-state index in [2.05, 4.69) is 0 Å². The second kappa shape index (κ2) is 4.02. The second-order valence-electron chi connectivity index (χ2n) is 2.36. The van der Waals surface area contributed by atoms with Crippen LogP contribution < -0.4 is 5.73 Å². The minimum atomic E-state index is -4.24. The molecule has 0 aromatic heterocycles. The number of hydrogen-bond acceptors (Lipinski definition) is 2. The maximum Gasteiger partial charge on any atom is 0.446 e. The second-order valence-corrected chi connectivity index (χ2v) is 3.47. The number of benzene rings is 1. The van der Waals surface area contributed by atoms with Crippen molar-refractivity contribution < 1.29 is 13.2 Å². The number of alkyl halides is 3. The fourth-order valence-corrected chi connectivity index (χ4v) is 1.58. The summed E-state index contributed by atoms with van der Waals surface area (Å²) in [5.74, 6) is 0. The number of thioether (sulfide) groups is 1. The van der Waals surface area contributed by atoms with Gasteiger partial charge >= 0.3 is 5.51 Å². The van der Waals surface area contributed by atoms with E-state index in [0.717, 1.165) is 0 Å². The van der Waals surface area contributed by atoms with Crippen molar-refractivity contribution in [1.82, 2.24) is 0 Å². The molecule has 0 atom stereocenters. The molecule has 0 aliphatic heterocycles. The quantitative estimate of drug-likeness (QED) is 0.754. The van der Waals surface area contributed by atoms with Crippen LogP contribution in [-0.4, -0.2) is 5.51 Å². The largest absolute Gasteiger partial charge is 0.446 e. The molecule has 0 saturated heterocycles. The molecule has 0 fully saturated rings. The summed E-state index contributed by atoms with van der Waals surface area (Å²) in [6.45, 7) is 0.124. The van der Waals surface area contributed by atoms with E-state index in [0.29, 0.717) is 5.56 Å². The normalized spacial score (nSPS) is 11.7. The highest BCUT2D eigenvalue weighted by atomic mass is 32.2. The van der Waals surface area contributed by atoms with Crippen LogP contribution in [0.1, 0.15) is 5.56 Å². The molecule has 0 aliphatic carbocycles. The van der Waals surface area contributed by atoms with E-state index < -0.39 is 5.51 Å². The maximum atomic E-state index is 12.0. The topological polar surface area (TPSA) is 26.0 Å². The van der Waals surface area contributed by atoms with E-state index in [1.807, 2.05) is 0 Å². The predicted molar refractivity (Wildman–Crippen MR) is 46.2 cm³/mol. The first-order chi connectivity index (χ1) is 6.03.